The van der Waals surface area contributed by atoms with Gasteiger partial charge in [-0.25, -0.2) is 4.39 Å². The van der Waals surface area contributed by atoms with Gasteiger partial charge in [0.25, 0.3) is 11.7 Å². The van der Waals surface area contributed by atoms with Crippen LogP contribution in [0.25, 0.3) is 5.76 Å². The van der Waals surface area contributed by atoms with Gasteiger partial charge in [-0.3, -0.25) is 9.59 Å². The highest BCUT2D eigenvalue weighted by molar-refractivity contribution is 9.10. The first-order valence-corrected chi connectivity index (χ1v) is 9.14. The van der Waals surface area contributed by atoms with Gasteiger partial charge in [0.15, 0.2) is 0 Å². The minimum absolute atomic E-state index is 0.0667. The summed E-state index contributed by atoms with van der Waals surface area (Å²) in [6.45, 7) is -0.114. The SMILES string of the molecule is O=C1C(=O)N(CCCO)[C@@H](c2ccccc2F)C1=C(O)c1ccc(Br)cc1. The Labute approximate surface area is 163 Å². The zero-order valence-corrected chi connectivity index (χ0v) is 15.8. The van der Waals surface area contributed by atoms with Gasteiger partial charge in [0, 0.05) is 28.8 Å². The fraction of sp³-hybridized carbons (Fsp3) is 0.200. The molecule has 1 amide bonds. The second-order valence-electron chi connectivity index (χ2n) is 6.10. The lowest BCUT2D eigenvalue weighted by Crippen LogP contribution is -2.31. The molecule has 1 aliphatic rings. The molecule has 1 heterocycles. The van der Waals surface area contributed by atoms with E-state index in [-0.39, 0.29) is 36.5 Å². The Morgan fingerprint density at radius 1 is 1.11 bits per heavy atom. The number of aliphatic hydroxyl groups excluding tert-OH is 2. The number of ketones is 1. The summed E-state index contributed by atoms with van der Waals surface area (Å²) >= 11 is 3.30. The third-order valence-electron chi connectivity index (χ3n) is 4.41. The Morgan fingerprint density at radius 3 is 2.41 bits per heavy atom. The second kappa shape index (κ2) is 8.02. The van der Waals surface area contributed by atoms with E-state index in [9.17, 15) is 19.1 Å². The first kappa shape index (κ1) is 19.3. The van der Waals surface area contributed by atoms with Crippen LogP contribution in [0.15, 0.2) is 58.6 Å². The molecule has 5 nitrogen and oxygen atoms in total. The normalized spacial score (nSPS) is 18.9. The number of hydrogen-bond donors (Lipinski definition) is 2. The average Bonchev–Trinajstić information content (AvgIpc) is 2.91. The molecule has 2 aromatic rings. The molecular weight excluding hydrogens is 417 g/mol. The van der Waals surface area contributed by atoms with E-state index >= 15 is 0 Å². The van der Waals surface area contributed by atoms with Gasteiger partial charge >= 0.3 is 0 Å². The van der Waals surface area contributed by atoms with Gasteiger partial charge in [0.1, 0.15) is 11.6 Å². The molecule has 27 heavy (non-hydrogen) atoms. The molecule has 0 radical (unpaired) electrons. The number of benzene rings is 2. The maximum absolute atomic E-state index is 14.5. The quantitative estimate of drug-likeness (QED) is 0.430. The summed E-state index contributed by atoms with van der Waals surface area (Å²) in [5, 5.41) is 19.9. The van der Waals surface area contributed by atoms with Gasteiger partial charge in [0.05, 0.1) is 11.6 Å². The zero-order chi connectivity index (χ0) is 19.6. The summed E-state index contributed by atoms with van der Waals surface area (Å²) in [4.78, 5) is 26.4. The van der Waals surface area contributed by atoms with Crippen molar-refractivity contribution in [3.63, 3.8) is 0 Å². The summed E-state index contributed by atoms with van der Waals surface area (Å²) in [7, 11) is 0. The summed E-state index contributed by atoms with van der Waals surface area (Å²) in [5.41, 5.74) is 0.304. The van der Waals surface area contributed by atoms with Crippen LogP contribution in [-0.2, 0) is 9.59 Å². The molecule has 0 spiro atoms. The Hall–Kier alpha value is -2.51. The number of likely N-dealkylation sites (tertiary alicyclic amines) is 1. The molecule has 2 aromatic carbocycles. The standard InChI is InChI=1S/C20H17BrFNO4/c21-13-8-6-12(7-9-13)18(25)16-17(14-4-1-2-5-15(14)22)23(10-3-11-24)20(27)19(16)26/h1-2,4-9,17,24-25H,3,10-11H2/t17-/m0/s1. The largest absolute Gasteiger partial charge is 0.507 e. The molecule has 1 saturated heterocycles. The van der Waals surface area contributed by atoms with Crippen molar-refractivity contribution in [2.45, 2.75) is 12.5 Å². The van der Waals surface area contributed by atoms with Crippen LogP contribution in [0.5, 0.6) is 0 Å². The average molecular weight is 434 g/mol. The number of amides is 1. The van der Waals surface area contributed by atoms with Gasteiger partial charge in [-0.1, -0.05) is 46.3 Å². The summed E-state index contributed by atoms with van der Waals surface area (Å²) in [6.07, 6.45) is 0.232. The number of rotatable bonds is 5. The van der Waals surface area contributed by atoms with Crippen LogP contribution in [-0.4, -0.2) is 40.0 Å². The minimum Gasteiger partial charge on any atom is -0.507 e. The molecule has 0 unspecified atom stereocenters. The lowest BCUT2D eigenvalue weighted by molar-refractivity contribution is -0.140. The molecule has 1 aliphatic heterocycles. The molecule has 1 atom stereocenters. The molecule has 0 aromatic heterocycles. The van der Waals surface area contributed by atoms with Crippen LogP contribution >= 0.6 is 15.9 Å². The van der Waals surface area contributed by atoms with Crippen molar-refractivity contribution in [3.05, 3.63) is 75.5 Å². The summed E-state index contributed by atoms with van der Waals surface area (Å²) in [5.74, 6) is -2.64. The molecule has 0 bridgehead atoms. The first-order valence-electron chi connectivity index (χ1n) is 8.35. The Balaban J connectivity index is 2.18. The predicted octanol–water partition coefficient (Wildman–Crippen LogP) is 3.39. The lowest BCUT2D eigenvalue weighted by Gasteiger charge is -2.25. The van der Waals surface area contributed by atoms with Gasteiger partial charge in [-0.2, -0.15) is 0 Å². The number of hydrogen-bond acceptors (Lipinski definition) is 4. The van der Waals surface area contributed by atoms with Crippen molar-refractivity contribution in [1.82, 2.24) is 4.90 Å². The highest BCUT2D eigenvalue weighted by atomic mass is 79.9. The molecule has 0 saturated carbocycles. The van der Waals surface area contributed by atoms with E-state index in [0.717, 1.165) is 4.47 Å². The van der Waals surface area contributed by atoms with Crippen LogP contribution < -0.4 is 0 Å². The minimum atomic E-state index is -1.05. The van der Waals surface area contributed by atoms with Crippen LogP contribution in [0.2, 0.25) is 0 Å². The van der Waals surface area contributed by atoms with E-state index < -0.39 is 23.5 Å². The molecule has 1 fully saturated rings. The fourth-order valence-corrected chi connectivity index (χ4v) is 3.40. The van der Waals surface area contributed by atoms with Crippen molar-refractivity contribution in [3.8, 4) is 0 Å². The van der Waals surface area contributed by atoms with Crippen molar-refractivity contribution in [2.24, 2.45) is 0 Å². The van der Waals surface area contributed by atoms with E-state index in [0.29, 0.717) is 5.56 Å². The number of halogens is 2. The van der Waals surface area contributed by atoms with Gasteiger partial charge in [-0.15, -0.1) is 0 Å². The number of carbonyl (C=O) groups excluding carboxylic acids is 2. The van der Waals surface area contributed by atoms with Crippen LogP contribution in [0.4, 0.5) is 4.39 Å². The topological polar surface area (TPSA) is 77.8 Å². The van der Waals surface area contributed by atoms with E-state index in [4.69, 9.17) is 5.11 Å². The molecular formula is C20H17BrFNO4. The highest BCUT2D eigenvalue weighted by Gasteiger charge is 2.46. The number of Topliss-reactive ketones (excluding diaryl/α,β-unsaturated/α-hetero) is 1. The number of nitrogens with zero attached hydrogens (tertiary/aromatic N) is 1. The van der Waals surface area contributed by atoms with Gasteiger partial charge < -0.3 is 15.1 Å². The predicted molar refractivity (Wildman–Crippen MR) is 101 cm³/mol. The van der Waals surface area contributed by atoms with Crippen LogP contribution in [0, 0.1) is 5.82 Å². The lowest BCUT2D eigenvalue weighted by atomic mass is 9.95. The molecule has 140 valence electrons. The molecule has 3 rings (SSSR count). The van der Waals surface area contributed by atoms with Gasteiger partial charge in [-0.05, 0) is 24.6 Å². The van der Waals surface area contributed by atoms with Crippen LogP contribution in [0.1, 0.15) is 23.6 Å². The van der Waals surface area contributed by atoms with E-state index in [1.807, 2.05) is 0 Å². The van der Waals surface area contributed by atoms with E-state index in [1.165, 1.54) is 23.1 Å². The summed E-state index contributed by atoms with van der Waals surface area (Å²) in [6, 6.07) is 11.3. The fourth-order valence-electron chi connectivity index (χ4n) is 3.14. The first-order chi connectivity index (χ1) is 13.0. The van der Waals surface area contributed by atoms with Crippen molar-refractivity contribution < 1.29 is 24.2 Å². The Bertz CT molecular complexity index is 910. The molecule has 7 heteroatoms. The van der Waals surface area contributed by atoms with E-state index in [2.05, 4.69) is 15.9 Å². The highest BCUT2D eigenvalue weighted by Crippen LogP contribution is 2.40. The zero-order valence-electron chi connectivity index (χ0n) is 14.2. The van der Waals surface area contributed by atoms with Crippen molar-refractivity contribution in [1.29, 1.82) is 0 Å². The van der Waals surface area contributed by atoms with Crippen LogP contribution in [0.3, 0.4) is 0 Å². The maximum Gasteiger partial charge on any atom is 0.295 e. The van der Waals surface area contributed by atoms with E-state index in [1.54, 1.807) is 30.3 Å². The Morgan fingerprint density at radius 2 is 1.78 bits per heavy atom. The second-order valence-corrected chi connectivity index (χ2v) is 7.01. The number of aliphatic hydroxyl groups is 2. The smallest absolute Gasteiger partial charge is 0.295 e. The monoisotopic (exact) mass is 433 g/mol. The van der Waals surface area contributed by atoms with Crippen molar-refractivity contribution >= 4 is 33.4 Å². The third kappa shape index (κ3) is 3.65. The molecule has 2 N–H and O–H groups in total. The van der Waals surface area contributed by atoms with Gasteiger partial charge in [0.2, 0.25) is 0 Å². The van der Waals surface area contributed by atoms with Crippen molar-refractivity contribution in [2.75, 3.05) is 13.2 Å². The Kier molecular flexibility index (Phi) is 5.72. The summed E-state index contributed by atoms with van der Waals surface area (Å²) < 4.78 is 15.3. The molecule has 0 aliphatic carbocycles. The maximum atomic E-state index is 14.5. The third-order valence-corrected chi connectivity index (χ3v) is 4.94. The number of carbonyl (C=O) groups is 2.